The highest BCUT2D eigenvalue weighted by molar-refractivity contribution is 5.83. The summed E-state index contributed by atoms with van der Waals surface area (Å²) in [4.78, 5) is 35.3. The van der Waals surface area contributed by atoms with Crippen LogP contribution < -0.4 is 20.8 Å². The molecule has 1 N–H and O–H groups in total. The molecular formula is C24H30NO6-. The highest BCUT2D eigenvalue weighted by Crippen LogP contribution is 2.28. The molecule has 1 atom stereocenters. The Morgan fingerprint density at radius 2 is 1.97 bits per heavy atom. The molecule has 0 spiro atoms. The second-order valence-corrected chi connectivity index (χ2v) is 8.39. The van der Waals surface area contributed by atoms with Crippen LogP contribution in [0.1, 0.15) is 57.9 Å². The Morgan fingerprint density at radius 3 is 2.65 bits per heavy atom. The van der Waals surface area contributed by atoms with E-state index >= 15 is 0 Å². The number of carboxylic acid groups (broad SMARTS) is 1. The molecule has 1 aliphatic rings. The van der Waals surface area contributed by atoms with Gasteiger partial charge in [0.2, 0.25) is 0 Å². The van der Waals surface area contributed by atoms with E-state index in [0.29, 0.717) is 30.7 Å². The van der Waals surface area contributed by atoms with Gasteiger partial charge in [0.25, 0.3) is 5.91 Å². The monoisotopic (exact) mass is 428 g/mol. The molecule has 1 heterocycles. The van der Waals surface area contributed by atoms with Crippen LogP contribution in [0, 0.1) is 11.8 Å². The highest BCUT2D eigenvalue weighted by Gasteiger charge is 2.23. The third kappa shape index (κ3) is 6.09. The van der Waals surface area contributed by atoms with Gasteiger partial charge >= 0.3 is 5.63 Å². The quantitative estimate of drug-likeness (QED) is 0.615. The third-order valence-corrected chi connectivity index (χ3v) is 6.03. The summed E-state index contributed by atoms with van der Waals surface area (Å²) in [7, 11) is 0. The number of hydrogen-bond donors (Lipinski definition) is 1. The minimum absolute atomic E-state index is 0.236. The topological polar surface area (TPSA) is 109 Å². The van der Waals surface area contributed by atoms with Crippen LogP contribution in [0.5, 0.6) is 5.75 Å². The average molecular weight is 429 g/mol. The zero-order valence-electron chi connectivity index (χ0n) is 18.1. The molecule has 1 aromatic heterocycles. The average Bonchev–Trinajstić information content (AvgIpc) is 2.75. The first-order valence-corrected chi connectivity index (χ1v) is 11.1. The minimum Gasteiger partial charge on any atom is -0.550 e. The fourth-order valence-corrected chi connectivity index (χ4v) is 4.11. The molecule has 0 bridgehead atoms. The third-order valence-electron chi connectivity index (χ3n) is 6.03. The molecule has 0 radical (unpaired) electrons. The van der Waals surface area contributed by atoms with Crippen molar-refractivity contribution < 1.29 is 23.8 Å². The van der Waals surface area contributed by atoms with Gasteiger partial charge in [0.05, 0.1) is 0 Å². The number of hydrogen-bond acceptors (Lipinski definition) is 6. The normalized spacial score (nSPS) is 19.7. The van der Waals surface area contributed by atoms with E-state index in [9.17, 15) is 19.5 Å². The summed E-state index contributed by atoms with van der Waals surface area (Å²) in [5.41, 5.74) is 1.02. The lowest BCUT2D eigenvalue weighted by Crippen LogP contribution is -2.40. The molecule has 0 unspecified atom stereocenters. The summed E-state index contributed by atoms with van der Waals surface area (Å²) >= 11 is 0. The number of carbonyl (C=O) groups excluding carboxylic acids is 2. The van der Waals surface area contributed by atoms with E-state index in [1.807, 2.05) is 6.07 Å². The number of benzene rings is 1. The molecule has 7 nitrogen and oxygen atoms in total. The highest BCUT2D eigenvalue weighted by atomic mass is 16.5. The van der Waals surface area contributed by atoms with Crippen molar-refractivity contribution in [3.63, 3.8) is 0 Å². The van der Waals surface area contributed by atoms with E-state index in [2.05, 4.69) is 12.2 Å². The van der Waals surface area contributed by atoms with Crippen molar-refractivity contribution in [1.29, 1.82) is 0 Å². The Morgan fingerprint density at radius 1 is 1.23 bits per heavy atom. The van der Waals surface area contributed by atoms with Crippen molar-refractivity contribution in [2.45, 2.75) is 64.9 Å². The number of carboxylic acids is 1. The van der Waals surface area contributed by atoms with Crippen molar-refractivity contribution in [3.05, 3.63) is 40.2 Å². The lowest BCUT2D eigenvalue weighted by atomic mass is 9.82. The standard InChI is InChI=1S/C24H31NO6/c1-3-4-5-18-12-22(26)31-21-13-19(10-11-20(18)21)30-15(2)23(27)25-14-16-6-8-17(9-7-16)24(28)29/h10-13,15-17H,3-9,14H2,1-2H3,(H,25,27)(H,28,29)/p-1/t15-,16?,17?/m0/s1. The summed E-state index contributed by atoms with van der Waals surface area (Å²) < 4.78 is 11.1. The van der Waals surface area contributed by atoms with Crippen molar-refractivity contribution >= 4 is 22.8 Å². The Balaban J connectivity index is 1.57. The molecule has 2 aromatic rings. The maximum Gasteiger partial charge on any atom is 0.336 e. The van der Waals surface area contributed by atoms with E-state index in [4.69, 9.17) is 9.15 Å². The molecule has 7 heteroatoms. The second kappa shape index (κ2) is 10.5. The lowest BCUT2D eigenvalue weighted by Gasteiger charge is -2.29. The number of ether oxygens (including phenoxy) is 1. The molecule has 31 heavy (non-hydrogen) atoms. The Kier molecular flexibility index (Phi) is 7.71. The smallest absolute Gasteiger partial charge is 0.336 e. The predicted octanol–water partition coefficient (Wildman–Crippen LogP) is 2.58. The van der Waals surface area contributed by atoms with Crippen LogP contribution in [0.4, 0.5) is 0 Å². The van der Waals surface area contributed by atoms with Crippen LogP contribution in [0.15, 0.2) is 33.5 Å². The Hall–Kier alpha value is -2.83. The van der Waals surface area contributed by atoms with Gasteiger partial charge in [0, 0.05) is 30.0 Å². The van der Waals surface area contributed by atoms with Crippen LogP contribution in [-0.2, 0) is 16.0 Å². The fourth-order valence-electron chi connectivity index (χ4n) is 4.11. The first-order chi connectivity index (χ1) is 14.9. The number of aliphatic carboxylic acids is 1. The summed E-state index contributed by atoms with van der Waals surface area (Å²) in [6.45, 7) is 4.27. The number of fused-ring (bicyclic) bond motifs is 1. The van der Waals surface area contributed by atoms with Gasteiger partial charge in [-0.15, -0.1) is 0 Å². The van der Waals surface area contributed by atoms with E-state index in [1.165, 1.54) is 6.07 Å². The van der Waals surface area contributed by atoms with Gasteiger partial charge in [-0.05, 0) is 75.0 Å². The summed E-state index contributed by atoms with van der Waals surface area (Å²) in [5.74, 6) is -0.859. The Labute approximate surface area is 181 Å². The number of carbonyl (C=O) groups is 2. The lowest BCUT2D eigenvalue weighted by molar-refractivity contribution is -0.312. The first kappa shape index (κ1) is 22.8. The van der Waals surface area contributed by atoms with E-state index in [1.54, 1.807) is 19.1 Å². The van der Waals surface area contributed by atoms with Crippen LogP contribution in [0.25, 0.3) is 11.0 Å². The van der Waals surface area contributed by atoms with Crippen molar-refractivity contribution in [1.82, 2.24) is 5.32 Å². The van der Waals surface area contributed by atoms with Crippen LogP contribution in [-0.4, -0.2) is 24.5 Å². The number of aryl methyl sites for hydroxylation is 1. The molecular weight excluding hydrogens is 398 g/mol. The molecule has 168 valence electrons. The maximum atomic E-state index is 12.4. The van der Waals surface area contributed by atoms with Gasteiger partial charge in [-0.1, -0.05) is 13.3 Å². The molecule has 1 fully saturated rings. The molecule has 1 aromatic carbocycles. The van der Waals surface area contributed by atoms with Gasteiger partial charge in [-0.2, -0.15) is 0 Å². The molecule has 1 amide bonds. The number of rotatable bonds is 9. The van der Waals surface area contributed by atoms with Gasteiger partial charge in [0.1, 0.15) is 11.3 Å². The van der Waals surface area contributed by atoms with Gasteiger partial charge in [-0.3, -0.25) is 4.79 Å². The molecule has 1 aliphatic carbocycles. The van der Waals surface area contributed by atoms with Gasteiger partial charge in [-0.25, -0.2) is 4.79 Å². The number of unbranched alkanes of at least 4 members (excludes halogenated alkanes) is 1. The zero-order chi connectivity index (χ0) is 22.4. The predicted molar refractivity (Wildman–Crippen MR) is 115 cm³/mol. The van der Waals surface area contributed by atoms with Crippen molar-refractivity contribution in [2.24, 2.45) is 11.8 Å². The SMILES string of the molecule is CCCCc1cc(=O)oc2cc(O[C@@H](C)C(=O)NCC3CCC(C(=O)[O-])CC3)ccc12. The molecule has 0 aliphatic heterocycles. The van der Waals surface area contributed by atoms with Crippen LogP contribution in [0.2, 0.25) is 0 Å². The zero-order valence-corrected chi connectivity index (χ0v) is 18.1. The molecule has 3 rings (SSSR count). The largest absolute Gasteiger partial charge is 0.550 e. The first-order valence-electron chi connectivity index (χ1n) is 11.1. The number of nitrogens with one attached hydrogen (secondary N) is 1. The molecule has 0 saturated heterocycles. The Bertz CT molecular complexity index is 974. The maximum absolute atomic E-state index is 12.4. The van der Waals surface area contributed by atoms with Crippen molar-refractivity contribution in [2.75, 3.05) is 6.54 Å². The summed E-state index contributed by atoms with van der Waals surface area (Å²) in [6, 6.07) is 6.83. The van der Waals surface area contributed by atoms with Gasteiger partial charge in [0.15, 0.2) is 6.10 Å². The van der Waals surface area contributed by atoms with E-state index < -0.39 is 17.7 Å². The summed E-state index contributed by atoms with van der Waals surface area (Å²) in [5, 5.41) is 14.7. The second-order valence-electron chi connectivity index (χ2n) is 8.39. The molecule has 1 saturated carbocycles. The number of amides is 1. The van der Waals surface area contributed by atoms with Crippen LogP contribution >= 0.6 is 0 Å². The van der Waals surface area contributed by atoms with Crippen molar-refractivity contribution in [3.8, 4) is 5.75 Å². The van der Waals surface area contributed by atoms with E-state index in [0.717, 1.165) is 43.1 Å². The van der Waals surface area contributed by atoms with E-state index in [-0.39, 0.29) is 17.7 Å². The van der Waals surface area contributed by atoms with Gasteiger partial charge < -0.3 is 24.4 Å². The minimum atomic E-state index is -0.979. The summed E-state index contributed by atoms with van der Waals surface area (Å²) in [6.07, 6.45) is 4.83. The fraction of sp³-hybridized carbons (Fsp3) is 0.542. The van der Waals surface area contributed by atoms with Crippen LogP contribution in [0.3, 0.4) is 0 Å².